The molecular formula is C11H14O3S. The van der Waals surface area contributed by atoms with E-state index < -0.39 is 0 Å². The highest BCUT2D eigenvalue weighted by Gasteiger charge is 2.14. The van der Waals surface area contributed by atoms with Gasteiger partial charge in [-0.2, -0.15) is 0 Å². The second-order valence-electron chi connectivity index (χ2n) is 2.96. The summed E-state index contributed by atoms with van der Waals surface area (Å²) in [7, 11) is 3.01. The lowest BCUT2D eigenvalue weighted by Crippen LogP contribution is -2.14. The summed E-state index contributed by atoms with van der Waals surface area (Å²) in [6.45, 7) is 1.82. The highest BCUT2D eigenvalue weighted by atomic mass is 32.2. The maximum absolute atomic E-state index is 11.2. The van der Waals surface area contributed by atoms with E-state index in [9.17, 15) is 4.79 Å². The number of rotatable bonds is 4. The number of hydrogen-bond acceptors (Lipinski definition) is 4. The fourth-order valence-electron chi connectivity index (χ4n) is 1.09. The Bertz CT molecular complexity index is 338. The van der Waals surface area contributed by atoms with E-state index in [4.69, 9.17) is 4.74 Å². The molecule has 0 aliphatic rings. The first-order chi connectivity index (χ1) is 7.17. The van der Waals surface area contributed by atoms with E-state index in [-0.39, 0.29) is 11.2 Å². The Hall–Kier alpha value is -1.16. The van der Waals surface area contributed by atoms with Crippen molar-refractivity contribution in [1.82, 2.24) is 0 Å². The average Bonchev–Trinajstić information content (AvgIpc) is 2.28. The van der Waals surface area contributed by atoms with Crippen LogP contribution in [0.3, 0.4) is 0 Å². The van der Waals surface area contributed by atoms with Crippen molar-refractivity contribution in [2.24, 2.45) is 0 Å². The first kappa shape index (κ1) is 11.9. The third-order valence-electron chi connectivity index (χ3n) is 1.89. The van der Waals surface area contributed by atoms with Crippen molar-refractivity contribution >= 4 is 17.7 Å². The van der Waals surface area contributed by atoms with Gasteiger partial charge in [0.1, 0.15) is 11.0 Å². The number of carbonyl (C=O) groups is 1. The molecule has 1 aromatic carbocycles. The molecule has 4 heteroatoms. The minimum absolute atomic E-state index is 0.206. The van der Waals surface area contributed by atoms with E-state index in [1.807, 2.05) is 31.2 Å². The maximum atomic E-state index is 11.2. The van der Waals surface area contributed by atoms with Crippen LogP contribution in [0.15, 0.2) is 29.2 Å². The Kier molecular flexibility index (Phi) is 4.49. The molecule has 0 heterocycles. The number of methoxy groups -OCH3 is 2. The van der Waals surface area contributed by atoms with Crippen LogP contribution in [0.1, 0.15) is 6.92 Å². The van der Waals surface area contributed by atoms with Crippen molar-refractivity contribution in [1.29, 1.82) is 0 Å². The van der Waals surface area contributed by atoms with Gasteiger partial charge in [0.25, 0.3) is 0 Å². The number of hydrogen-bond donors (Lipinski definition) is 0. The van der Waals surface area contributed by atoms with Gasteiger partial charge in [-0.15, -0.1) is 11.8 Å². The van der Waals surface area contributed by atoms with Gasteiger partial charge in [0.15, 0.2) is 0 Å². The molecule has 82 valence electrons. The van der Waals surface area contributed by atoms with Crippen LogP contribution in [-0.4, -0.2) is 25.4 Å². The Morgan fingerprint density at radius 2 is 2.13 bits per heavy atom. The van der Waals surface area contributed by atoms with Gasteiger partial charge in [0.05, 0.1) is 14.2 Å². The maximum Gasteiger partial charge on any atom is 0.318 e. The molecule has 1 unspecified atom stereocenters. The topological polar surface area (TPSA) is 35.5 Å². The predicted molar refractivity (Wildman–Crippen MR) is 60.3 cm³/mol. The first-order valence-electron chi connectivity index (χ1n) is 4.56. The Morgan fingerprint density at radius 1 is 1.40 bits per heavy atom. The van der Waals surface area contributed by atoms with E-state index in [1.165, 1.54) is 18.9 Å². The monoisotopic (exact) mass is 226 g/mol. The van der Waals surface area contributed by atoms with Gasteiger partial charge in [0, 0.05) is 4.90 Å². The second kappa shape index (κ2) is 5.66. The fourth-order valence-corrected chi connectivity index (χ4v) is 2.03. The molecule has 0 spiro atoms. The molecular weight excluding hydrogens is 212 g/mol. The van der Waals surface area contributed by atoms with Crippen LogP contribution in [-0.2, 0) is 9.53 Å². The first-order valence-corrected chi connectivity index (χ1v) is 5.44. The average molecular weight is 226 g/mol. The van der Waals surface area contributed by atoms with Crippen molar-refractivity contribution in [3.05, 3.63) is 24.3 Å². The van der Waals surface area contributed by atoms with E-state index in [1.54, 1.807) is 7.11 Å². The summed E-state index contributed by atoms with van der Waals surface area (Å²) < 4.78 is 9.74. The Balaban J connectivity index is 2.67. The molecule has 3 nitrogen and oxygen atoms in total. The minimum Gasteiger partial charge on any atom is -0.497 e. The molecule has 0 radical (unpaired) electrons. The number of benzene rings is 1. The summed E-state index contributed by atoms with van der Waals surface area (Å²) in [5.74, 6) is 0.569. The number of ether oxygens (including phenoxy) is 2. The smallest absolute Gasteiger partial charge is 0.318 e. The summed E-state index contributed by atoms with van der Waals surface area (Å²) in [6.07, 6.45) is 0. The van der Waals surface area contributed by atoms with E-state index >= 15 is 0 Å². The summed E-state index contributed by atoms with van der Waals surface area (Å²) in [5.41, 5.74) is 0. The molecule has 0 saturated carbocycles. The van der Waals surface area contributed by atoms with Crippen LogP contribution in [0.4, 0.5) is 0 Å². The molecule has 0 aliphatic carbocycles. The lowest BCUT2D eigenvalue weighted by atomic mass is 10.3. The summed E-state index contributed by atoms with van der Waals surface area (Å²) in [5, 5.41) is -0.206. The molecule has 0 bridgehead atoms. The van der Waals surface area contributed by atoms with Crippen LogP contribution >= 0.6 is 11.8 Å². The standard InChI is InChI=1S/C11H14O3S/c1-8(11(12)14-3)15-10-6-4-5-9(7-10)13-2/h4-8H,1-3H3. The molecule has 0 amide bonds. The number of carbonyl (C=O) groups excluding carboxylic acids is 1. The van der Waals surface area contributed by atoms with Gasteiger partial charge in [0.2, 0.25) is 0 Å². The third-order valence-corrected chi connectivity index (χ3v) is 2.96. The largest absolute Gasteiger partial charge is 0.497 e. The zero-order chi connectivity index (χ0) is 11.3. The highest BCUT2D eigenvalue weighted by molar-refractivity contribution is 8.00. The van der Waals surface area contributed by atoms with Crippen molar-refractivity contribution in [3.63, 3.8) is 0 Å². The van der Waals surface area contributed by atoms with Crippen LogP contribution in [0.25, 0.3) is 0 Å². The van der Waals surface area contributed by atoms with Gasteiger partial charge in [-0.25, -0.2) is 0 Å². The third kappa shape index (κ3) is 3.47. The van der Waals surface area contributed by atoms with Crippen LogP contribution in [0, 0.1) is 0 Å². The lowest BCUT2D eigenvalue weighted by molar-refractivity contribution is -0.139. The van der Waals surface area contributed by atoms with E-state index in [0.29, 0.717) is 0 Å². The zero-order valence-corrected chi connectivity index (χ0v) is 9.84. The van der Waals surface area contributed by atoms with E-state index in [2.05, 4.69) is 4.74 Å². The summed E-state index contributed by atoms with van der Waals surface area (Å²) >= 11 is 1.45. The molecule has 1 rings (SSSR count). The summed E-state index contributed by atoms with van der Waals surface area (Å²) in [6, 6.07) is 7.59. The molecule has 0 N–H and O–H groups in total. The summed E-state index contributed by atoms with van der Waals surface area (Å²) in [4.78, 5) is 12.2. The minimum atomic E-state index is -0.220. The molecule has 0 fully saturated rings. The van der Waals surface area contributed by atoms with Crippen molar-refractivity contribution in [2.75, 3.05) is 14.2 Å². The zero-order valence-electron chi connectivity index (χ0n) is 9.02. The van der Waals surface area contributed by atoms with Crippen LogP contribution < -0.4 is 4.74 Å². The highest BCUT2D eigenvalue weighted by Crippen LogP contribution is 2.26. The molecule has 15 heavy (non-hydrogen) atoms. The number of esters is 1. The normalized spacial score (nSPS) is 11.9. The number of thioether (sulfide) groups is 1. The van der Waals surface area contributed by atoms with Crippen LogP contribution in [0.5, 0.6) is 5.75 Å². The van der Waals surface area contributed by atoms with Crippen molar-refractivity contribution in [2.45, 2.75) is 17.1 Å². The molecule has 1 atom stereocenters. The molecule has 0 aliphatic heterocycles. The van der Waals surface area contributed by atoms with Gasteiger partial charge in [-0.3, -0.25) is 4.79 Å². The molecule has 0 aromatic heterocycles. The quantitative estimate of drug-likeness (QED) is 0.583. The van der Waals surface area contributed by atoms with Crippen molar-refractivity contribution < 1.29 is 14.3 Å². The van der Waals surface area contributed by atoms with Crippen LogP contribution in [0.2, 0.25) is 0 Å². The second-order valence-corrected chi connectivity index (χ2v) is 4.38. The van der Waals surface area contributed by atoms with Gasteiger partial charge < -0.3 is 9.47 Å². The van der Waals surface area contributed by atoms with Gasteiger partial charge in [-0.1, -0.05) is 6.07 Å². The lowest BCUT2D eigenvalue weighted by Gasteiger charge is -2.09. The fraction of sp³-hybridized carbons (Fsp3) is 0.364. The SMILES string of the molecule is COC(=O)C(C)Sc1cccc(OC)c1. The Morgan fingerprint density at radius 3 is 2.73 bits per heavy atom. The van der Waals surface area contributed by atoms with Gasteiger partial charge >= 0.3 is 5.97 Å². The van der Waals surface area contributed by atoms with E-state index in [0.717, 1.165) is 10.6 Å². The predicted octanol–water partition coefficient (Wildman–Crippen LogP) is 2.35. The molecule has 0 saturated heterocycles. The Labute approximate surface area is 93.8 Å². The van der Waals surface area contributed by atoms with Gasteiger partial charge in [-0.05, 0) is 25.1 Å². The van der Waals surface area contributed by atoms with Crippen molar-refractivity contribution in [3.8, 4) is 5.75 Å². The molecule has 1 aromatic rings.